The van der Waals surface area contributed by atoms with Crippen LogP contribution in [0.3, 0.4) is 0 Å². The Morgan fingerprint density at radius 1 is 1.24 bits per heavy atom. The summed E-state index contributed by atoms with van der Waals surface area (Å²) in [6.45, 7) is 9.97. The Kier molecular flexibility index (Phi) is 7.20. The maximum absolute atomic E-state index is 5.53. The predicted molar refractivity (Wildman–Crippen MR) is 91.1 cm³/mol. The lowest BCUT2D eigenvalue weighted by atomic mass is 10.0. The van der Waals surface area contributed by atoms with E-state index in [2.05, 4.69) is 63.2 Å². The smallest absolute Gasteiger partial charge is 0.123 e. The maximum atomic E-state index is 5.53. The average molecular weight is 292 g/mol. The Labute approximate surface area is 130 Å². The van der Waals surface area contributed by atoms with Gasteiger partial charge in [0.2, 0.25) is 0 Å². The van der Waals surface area contributed by atoms with E-state index in [0.29, 0.717) is 6.04 Å². The first kappa shape index (κ1) is 18.0. The van der Waals surface area contributed by atoms with E-state index in [9.17, 15) is 0 Å². The normalized spacial score (nSPS) is 14.5. The zero-order valence-corrected chi connectivity index (χ0v) is 14.7. The lowest BCUT2D eigenvalue weighted by molar-refractivity contribution is 0.207. The van der Waals surface area contributed by atoms with Crippen molar-refractivity contribution in [2.75, 3.05) is 27.7 Å². The van der Waals surface area contributed by atoms with Crippen molar-refractivity contribution >= 4 is 0 Å². The highest BCUT2D eigenvalue weighted by molar-refractivity contribution is 5.39. The van der Waals surface area contributed by atoms with Gasteiger partial charge in [0.1, 0.15) is 5.75 Å². The van der Waals surface area contributed by atoms with E-state index in [1.807, 2.05) is 7.05 Å². The Bertz CT molecular complexity index is 431. The van der Waals surface area contributed by atoms with Gasteiger partial charge in [-0.15, -0.1) is 0 Å². The highest BCUT2D eigenvalue weighted by Crippen LogP contribution is 2.27. The molecule has 0 amide bonds. The van der Waals surface area contributed by atoms with Crippen molar-refractivity contribution in [3.8, 4) is 5.75 Å². The number of likely N-dealkylation sites (N-methyl/N-ethyl adjacent to an activating group) is 2. The zero-order chi connectivity index (χ0) is 16.0. The van der Waals surface area contributed by atoms with Gasteiger partial charge in [0, 0.05) is 24.2 Å². The molecule has 0 heterocycles. The lowest BCUT2D eigenvalue weighted by Gasteiger charge is -2.31. The third-order valence-electron chi connectivity index (χ3n) is 4.14. The molecule has 21 heavy (non-hydrogen) atoms. The van der Waals surface area contributed by atoms with Crippen LogP contribution in [-0.2, 0) is 0 Å². The highest BCUT2D eigenvalue weighted by atomic mass is 16.5. The standard InChI is InChI=1S/C18H32N2O/c1-13(2)10-15(4)20(6)12-17(19-5)16-11-14(3)8-9-18(16)21-7/h8-9,11,13,15,17,19H,10,12H2,1-7H3. The SMILES string of the molecule is CNC(CN(C)C(C)CC(C)C)c1cc(C)ccc1OC. The summed E-state index contributed by atoms with van der Waals surface area (Å²) >= 11 is 0. The molecule has 1 rings (SSSR count). The van der Waals surface area contributed by atoms with Crippen LogP contribution in [0.4, 0.5) is 0 Å². The van der Waals surface area contributed by atoms with Crippen molar-refractivity contribution < 1.29 is 4.74 Å². The summed E-state index contributed by atoms with van der Waals surface area (Å²) in [7, 11) is 5.97. The van der Waals surface area contributed by atoms with Crippen LogP contribution < -0.4 is 10.1 Å². The summed E-state index contributed by atoms with van der Waals surface area (Å²) < 4.78 is 5.53. The molecule has 0 aliphatic rings. The molecule has 120 valence electrons. The molecule has 1 N–H and O–H groups in total. The van der Waals surface area contributed by atoms with Crippen LogP contribution in [-0.4, -0.2) is 38.7 Å². The molecule has 0 bridgehead atoms. The number of nitrogens with zero attached hydrogens (tertiary/aromatic N) is 1. The molecule has 0 saturated carbocycles. The molecule has 0 spiro atoms. The molecule has 0 aliphatic carbocycles. The van der Waals surface area contributed by atoms with Gasteiger partial charge in [-0.3, -0.25) is 0 Å². The van der Waals surface area contributed by atoms with Crippen molar-refractivity contribution in [1.82, 2.24) is 10.2 Å². The molecule has 3 nitrogen and oxygen atoms in total. The minimum atomic E-state index is 0.277. The van der Waals surface area contributed by atoms with Crippen LogP contribution >= 0.6 is 0 Å². The van der Waals surface area contributed by atoms with Crippen LogP contribution in [0.2, 0.25) is 0 Å². The van der Waals surface area contributed by atoms with Crippen LogP contribution in [0.15, 0.2) is 18.2 Å². The number of nitrogens with one attached hydrogen (secondary N) is 1. The minimum absolute atomic E-state index is 0.277. The van der Waals surface area contributed by atoms with Crippen LogP contribution in [0.5, 0.6) is 5.75 Å². The summed E-state index contributed by atoms with van der Waals surface area (Å²) in [6, 6.07) is 7.24. The number of methoxy groups -OCH3 is 1. The fourth-order valence-corrected chi connectivity index (χ4v) is 2.80. The van der Waals surface area contributed by atoms with Gasteiger partial charge < -0.3 is 15.0 Å². The number of ether oxygens (including phenoxy) is 1. The highest BCUT2D eigenvalue weighted by Gasteiger charge is 2.19. The first-order valence-electron chi connectivity index (χ1n) is 7.91. The molecule has 3 heteroatoms. The van der Waals surface area contributed by atoms with Gasteiger partial charge in [-0.25, -0.2) is 0 Å². The minimum Gasteiger partial charge on any atom is -0.496 e. The lowest BCUT2D eigenvalue weighted by Crippen LogP contribution is -2.37. The van der Waals surface area contributed by atoms with Gasteiger partial charge >= 0.3 is 0 Å². The molecule has 2 atom stereocenters. The molecule has 0 fully saturated rings. The molecular weight excluding hydrogens is 260 g/mol. The first-order chi connectivity index (χ1) is 9.88. The number of benzene rings is 1. The van der Waals surface area contributed by atoms with E-state index in [0.717, 1.165) is 18.2 Å². The van der Waals surface area contributed by atoms with Crippen molar-refractivity contribution in [1.29, 1.82) is 0 Å². The van der Waals surface area contributed by atoms with E-state index in [-0.39, 0.29) is 6.04 Å². The Balaban J connectivity index is 2.86. The molecular formula is C18H32N2O. The number of hydrogen-bond donors (Lipinski definition) is 1. The van der Waals surface area contributed by atoms with Crippen molar-refractivity contribution in [2.24, 2.45) is 5.92 Å². The van der Waals surface area contributed by atoms with Gasteiger partial charge in [-0.2, -0.15) is 0 Å². The molecule has 0 saturated heterocycles. The first-order valence-corrected chi connectivity index (χ1v) is 7.91. The second-order valence-corrected chi connectivity index (χ2v) is 6.50. The predicted octanol–water partition coefficient (Wildman–Crippen LogP) is 3.63. The fourth-order valence-electron chi connectivity index (χ4n) is 2.80. The molecule has 1 aromatic rings. The van der Waals surface area contributed by atoms with Crippen molar-refractivity contribution in [3.05, 3.63) is 29.3 Å². The van der Waals surface area contributed by atoms with Crippen LogP contribution in [0.1, 0.15) is 44.4 Å². The van der Waals surface area contributed by atoms with Gasteiger partial charge in [-0.1, -0.05) is 31.5 Å². The van der Waals surface area contributed by atoms with Crippen molar-refractivity contribution in [3.63, 3.8) is 0 Å². The topological polar surface area (TPSA) is 24.5 Å². The van der Waals surface area contributed by atoms with Gasteiger partial charge in [0.25, 0.3) is 0 Å². The van der Waals surface area contributed by atoms with Gasteiger partial charge in [-0.05, 0) is 46.3 Å². The molecule has 2 unspecified atom stereocenters. The summed E-state index contributed by atoms with van der Waals surface area (Å²) in [4.78, 5) is 2.43. The van der Waals surface area contributed by atoms with Crippen LogP contribution in [0.25, 0.3) is 0 Å². The molecule has 0 radical (unpaired) electrons. The van der Waals surface area contributed by atoms with E-state index in [1.165, 1.54) is 17.5 Å². The number of rotatable bonds is 8. The van der Waals surface area contributed by atoms with Gasteiger partial charge in [0.05, 0.1) is 7.11 Å². The summed E-state index contributed by atoms with van der Waals surface area (Å²) in [5.74, 6) is 1.69. The monoisotopic (exact) mass is 292 g/mol. The Morgan fingerprint density at radius 3 is 2.43 bits per heavy atom. The molecule has 0 aliphatic heterocycles. The average Bonchev–Trinajstić information content (AvgIpc) is 2.43. The summed E-state index contributed by atoms with van der Waals surface area (Å²) in [6.07, 6.45) is 1.22. The quantitative estimate of drug-likeness (QED) is 0.792. The third-order valence-corrected chi connectivity index (χ3v) is 4.14. The maximum Gasteiger partial charge on any atom is 0.123 e. The summed E-state index contributed by atoms with van der Waals surface area (Å²) in [5.41, 5.74) is 2.51. The van der Waals surface area contributed by atoms with E-state index < -0.39 is 0 Å². The van der Waals surface area contributed by atoms with E-state index in [1.54, 1.807) is 7.11 Å². The third kappa shape index (κ3) is 5.33. The fraction of sp³-hybridized carbons (Fsp3) is 0.667. The summed E-state index contributed by atoms with van der Waals surface area (Å²) in [5, 5.41) is 3.44. The Hall–Kier alpha value is -1.06. The largest absolute Gasteiger partial charge is 0.496 e. The van der Waals surface area contributed by atoms with Gasteiger partial charge in [0.15, 0.2) is 0 Å². The second kappa shape index (κ2) is 8.40. The number of aryl methyl sites for hydroxylation is 1. The molecule has 0 aromatic heterocycles. The second-order valence-electron chi connectivity index (χ2n) is 6.50. The zero-order valence-electron chi connectivity index (χ0n) is 14.7. The van der Waals surface area contributed by atoms with Crippen molar-refractivity contribution in [2.45, 2.75) is 46.2 Å². The van der Waals surface area contributed by atoms with Crippen LogP contribution in [0, 0.1) is 12.8 Å². The Morgan fingerprint density at radius 2 is 1.90 bits per heavy atom. The van der Waals surface area contributed by atoms with E-state index >= 15 is 0 Å². The van der Waals surface area contributed by atoms with E-state index in [4.69, 9.17) is 4.74 Å². The molecule has 1 aromatic carbocycles. The number of hydrogen-bond acceptors (Lipinski definition) is 3.